The summed E-state index contributed by atoms with van der Waals surface area (Å²) >= 11 is 10.3. The number of hydrogen-bond acceptors (Lipinski definition) is 9. The average molecular weight is 644 g/mol. The molecule has 11 heteroatoms. The summed E-state index contributed by atoms with van der Waals surface area (Å²) in [6, 6.07) is 30.0. The van der Waals surface area contributed by atoms with E-state index in [1.54, 1.807) is 48.2 Å². The Morgan fingerprint density at radius 2 is 1.67 bits per heavy atom. The molecule has 1 spiro atoms. The lowest BCUT2D eigenvalue weighted by molar-refractivity contribution is -0.384. The van der Waals surface area contributed by atoms with Gasteiger partial charge in [-0.25, -0.2) is 0 Å². The topological polar surface area (TPSA) is 92.9 Å². The van der Waals surface area contributed by atoms with Crippen molar-refractivity contribution in [3.63, 3.8) is 0 Å². The van der Waals surface area contributed by atoms with Crippen LogP contribution in [-0.2, 0) is 10.5 Å². The molecule has 4 atom stereocenters. The van der Waals surface area contributed by atoms with E-state index in [4.69, 9.17) is 16.6 Å². The van der Waals surface area contributed by atoms with Crippen molar-refractivity contribution in [2.75, 3.05) is 4.90 Å². The molecule has 3 aliphatic rings. The van der Waals surface area contributed by atoms with Crippen LogP contribution < -0.4 is 4.90 Å². The van der Waals surface area contributed by atoms with E-state index in [1.807, 2.05) is 54.6 Å². The molecule has 214 valence electrons. The number of anilines is 1. The van der Waals surface area contributed by atoms with Gasteiger partial charge in [-0.2, -0.15) is 0 Å². The molecule has 4 aromatic carbocycles. The van der Waals surface area contributed by atoms with Gasteiger partial charge in [0.15, 0.2) is 11.3 Å². The summed E-state index contributed by atoms with van der Waals surface area (Å²) in [5, 5.41) is 11.4. The zero-order valence-corrected chi connectivity index (χ0v) is 25.5. The maximum Gasteiger partial charge on any atom is 0.269 e. The number of hydrogen-bond donors (Lipinski definition) is 0. The van der Waals surface area contributed by atoms with Crippen LogP contribution in [0.15, 0.2) is 113 Å². The van der Waals surface area contributed by atoms with Crippen molar-refractivity contribution < 1.29 is 14.5 Å². The van der Waals surface area contributed by atoms with E-state index in [-0.39, 0.29) is 16.6 Å². The number of rotatable bonds is 6. The monoisotopic (exact) mass is 643 g/mol. The summed E-state index contributed by atoms with van der Waals surface area (Å²) in [7, 11) is 0. The highest BCUT2D eigenvalue weighted by atomic mass is 35.5. The first-order chi connectivity index (χ1) is 20.9. The van der Waals surface area contributed by atoms with Gasteiger partial charge < -0.3 is 4.90 Å². The Labute approximate surface area is 265 Å². The number of aliphatic imine (C=N–C) groups is 1. The van der Waals surface area contributed by atoms with Crippen molar-refractivity contribution in [3.05, 3.63) is 135 Å². The Morgan fingerprint density at radius 1 is 0.977 bits per heavy atom. The fraction of sp³-hybridized carbons (Fsp3) is 0.156. The zero-order valence-electron chi connectivity index (χ0n) is 22.3. The first-order valence-corrected chi connectivity index (χ1v) is 16.5. The molecule has 0 aromatic heterocycles. The van der Waals surface area contributed by atoms with Crippen molar-refractivity contribution >= 4 is 73.5 Å². The minimum Gasteiger partial charge on any atom is -0.344 e. The van der Waals surface area contributed by atoms with Crippen LogP contribution in [-0.4, -0.2) is 37.2 Å². The zero-order chi connectivity index (χ0) is 29.7. The Bertz CT molecular complexity index is 1790. The molecule has 0 bridgehead atoms. The quantitative estimate of drug-likeness (QED) is 0.119. The summed E-state index contributed by atoms with van der Waals surface area (Å²) < 4.78 is 0.650. The molecule has 3 heterocycles. The van der Waals surface area contributed by atoms with E-state index in [1.165, 1.54) is 23.9 Å². The minimum absolute atomic E-state index is 0.0636. The molecule has 4 aromatic rings. The van der Waals surface area contributed by atoms with Crippen LogP contribution in [0.3, 0.4) is 0 Å². The predicted octanol–water partition coefficient (Wildman–Crippen LogP) is 7.84. The first-order valence-electron chi connectivity index (χ1n) is 13.4. The van der Waals surface area contributed by atoms with Crippen LogP contribution in [0.2, 0.25) is 5.02 Å². The number of carbonyl (C=O) groups is 2. The molecule has 0 unspecified atom stereocenters. The van der Waals surface area contributed by atoms with Gasteiger partial charge in [-0.1, -0.05) is 89.7 Å². The number of thioether (sulfide) groups is 3. The van der Waals surface area contributed by atoms with E-state index < -0.39 is 27.8 Å². The number of non-ortho nitro benzene ring substituents is 1. The maximum atomic E-state index is 14.5. The maximum absolute atomic E-state index is 14.5. The third-order valence-corrected chi connectivity index (χ3v) is 11.8. The van der Waals surface area contributed by atoms with Crippen molar-refractivity contribution in [1.82, 2.24) is 0 Å². The van der Waals surface area contributed by atoms with Gasteiger partial charge in [0.2, 0.25) is 5.12 Å². The standard InChI is InChI=1S/C32H22ClN3O4S3/c33-22-14-10-21(11-15-22)28(37)27-26(20-12-16-23(17-13-20)36(39)40)32(29-35(27)24-8-4-5-9-25(24)42-29)30(38)43-31(34-32)41-18-19-6-2-1-3-7-19/h1-17,26-27,29H,18H2/t26-,27+,29-,32-/m1/s1. The molecular formula is C32H22ClN3O4S3. The Morgan fingerprint density at radius 3 is 2.40 bits per heavy atom. The number of nitro groups is 1. The molecule has 0 aliphatic carbocycles. The highest BCUT2D eigenvalue weighted by Crippen LogP contribution is 2.63. The Balaban J connectivity index is 1.40. The summed E-state index contributed by atoms with van der Waals surface area (Å²) in [5.74, 6) is -0.220. The van der Waals surface area contributed by atoms with E-state index in [2.05, 4.69) is 4.90 Å². The molecule has 0 saturated carbocycles. The van der Waals surface area contributed by atoms with E-state index >= 15 is 0 Å². The van der Waals surface area contributed by atoms with Crippen molar-refractivity contribution in [2.45, 2.75) is 33.5 Å². The number of carbonyl (C=O) groups excluding carboxylic acids is 2. The number of para-hydroxylation sites is 1. The van der Waals surface area contributed by atoms with Crippen LogP contribution in [0, 0.1) is 10.1 Å². The molecule has 7 nitrogen and oxygen atoms in total. The van der Waals surface area contributed by atoms with Gasteiger partial charge in [0.1, 0.15) is 15.8 Å². The highest BCUT2D eigenvalue weighted by molar-refractivity contribution is 8.45. The van der Waals surface area contributed by atoms with Crippen LogP contribution in [0.5, 0.6) is 0 Å². The lowest BCUT2D eigenvalue weighted by atomic mass is 9.77. The van der Waals surface area contributed by atoms with Gasteiger partial charge in [0.05, 0.1) is 10.6 Å². The number of Topliss-reactive ketones (excluding diaryl/α,β-unsaturated/α-hetero) is 1. The van der Waals surface area contributed by atoms with Crippen LogP contribution in [0.4, 0.5) is 11.4 Å². The van der Waals surface area contributed by atoms with Gasteiger partial charge in [0.25, 0.3) is 5.69 Å². The minimum atomic E-state index is -1.31. The second-order valence-electron chi connectivity index (χ2n) is 10.4. The molecule has 43 heavy (non-hydrogen) atoms. The number of nitrogens with zero attached hydrogens (tertiary/aromatic N) is 3. The molecule has 1 fully saturated rings. The third kappa shape index (κ3) is 4.77. The molecule has 0 N–H and O–H groups in total. The molecule has 0 amide bonds. The van der Waals surface area contributed by atoms with Crippen LogP contribution in [0.1, 0.15) is 27.4 Å². The normalized spacial score (nSPS) is 23.7. The SMILES string of the molecule is O=C(c1ccc(Cl)cc1)[C@@H]1[C@@H](c2ccc([N+](=O)[O-])cc2)[C@@]2(N=C(SCc3ccccc3)SC2=O)[C@H]2Sc3ccccc3N12. The number of benzene rings is 4. The Kier molecular flexibility index (Phi) is 7.33. The molecule has 3 aliphatic heterocycles. The predicted molar refractivity (Wildman–Crippen MR) is 174 cm³/mol. The highest BCUT2D eigenvalue weighted by Gasteiger charge is 2.70. The average Bonchev–Trinajstić information content (AvgIpc) is 3.66. The smallest absolute Gasteiger partial charge is 0.269 e. The van der Waals surface area contributed by atoms with E-state index in [0.29, 0.717) is 26.3 Å². The van der Waals surface area contributed by atoms with E-state index in [9.17, 15) is 19.7 Å². The number of fused-ring (bicyclic) bond motifs is 4. The third-order valence-electron chi connectivity index (χ3n) is 7.95. The Hall–Kier alpha value is -3.57. The number of ketones is 1. The van der Waals surface area contributed by atoms with Crippen LogP contribution >= 0.6 is 46.9 Å². The van der Waals surface area contributed by atoms with Gasteiger partial charge >= 0.3 is 0 Å². The second-order valence-corrected chi connectivity index (χ2v) is 14.1. The van der Waals surface area contributed by atoms with Crippen molar-refractivity contribution in [2.24, 2.45) is 4.99 Å². The fourth-order valence-electron chi connectivity index (χ4n) is 6.04. The van der Waals surface area contributed by atoms with E-state index in [0.717, 1.165) is 27.9 Å². The summed E-state index contributed by atoms with van der Waals surface area (Å²) in [6.45, 7) is 0. The van der Waals surface area contributed by atoms with Crippen LogP contribution in [0.25, 0.3) is 0 Å². The summed E-state index contributed by atoms with van der Waals surface area (Å²) in [6.07, 6.45) is 0. The van der Waals surface area contributed by atoms with Gasteiger partial charge in [-0.15, -0.1) is 0 Å². The fourth-order valence-corrected chi connectivity index (χ4v) is 9.92. The summed E-state index contributed by atoms with van der Waals surface area (Å²) in [5.41, 5.74) is 1.72. The first kappa shape index (κ1) is 28.2. The molecule has 0 radical (unpaired) electrons. The van der Waals surface area contributed by atoms with Gasteiger partial charge in [-0.05, 0) is 59.3 Å². The van der Waals surface area contributed by atoms with Crippen molar-refractivity contribution in [1.29, 1.82) is 0 Å². The molecule has 1 saturated heterocycles. The van der Waals surface area contributed by atoms with Gasteiger partial charge in [0, 0.05) is 39.3 Å². The largest absolute Gasteiger partial charge is 0.344 e. The van der Waals surface area contributed by atoms with Crippen molar-refractivity contribution in [3.8, 4) is 0 Å². The lowest BCUT2D eigenvalue weighted by Gasteiger charge is -2.30. The van der Waals surface area contributed by atoms with Gasteiger partial charge in [-0.3, -0.25) is 24.7 Å². The second kappa shape index (κ2) is 11.2. The lowest BCUT2D eigenvalue weighted by Crippen LogP contribution is -2.45. The number of nitro benzene ring substituents is 1. The molecular weight excluding hydrogens is 622 g/mol. The number of halogens is 1. The summed E-state index contributed by atoms with van der Waals surface area (Å²) in [4.78, 5) is 48.2. The molecule has 7 rings (SSSR count).